The summed E-state index contributed by atoms with van der Waals surface area (Å²) in [6.07, 6.45) is -3.82. The van der Waals surface area contributed by atoms with Crippen molar-refractivity contribution in [1.29, 1.82) is 0 Å². The van der Waals surface area contributed by atoms with E-state index in [2.05, 4.69) is 22.1 Å². The highest BCUT2D eigenvalue weighted by molar-refractivity contribution is 5.80. The highest BCUT2D eigenvalue weighted by Gasteiger charge is 2.42. The fourth-order valence-electron chi connectivity index (χ4n) is 6.53. The maximum Gasteiger partial charge on any atom is 0.416 e. The van der Waals surface area contributed by atoms with Crippen LogP contribution in [0, 0.1) is 27.7 Å². The van der Waals surface area contributed by atoms with Crippen molar-refractivity contribution in [1.82, 2.24) is 19.9 Å². The number of hydrogen-bond donors (Lipinski definition) is 0. The molecule has 8 nitrogen and oxygen atoms in total. The van der Waals surface area contributed by atoms with Gasteiger partial charge in [-0.05, 0) is 75.1 Å². The minimum atomic E-state index is -4.55. The third-order valence-corrected chi connectivity index (χ3v) is 8.74. The first-order valence-electron chi connectivity index (χ1n) is 15.3. The second-order valence-electron chi connectivity index (χ2n) is 12.4. The zero-order valence-electron chi connectivity index (χ0n) is 26.9. The Morgan fingerprint density at radius 2 is 1.62 bits per heavy atom. The Balaban J connectivity index is 1.41. The number of rotatable bonds is 7. The summed E-state index contributed by atoms with van der Waals surface area (Å²) in [7, 11) is 1.51. The smallest absolute Gasteiger partial charge is 0.416 e. The Bertz CT molecular complexity index is 1830. The number of aryl methyl sites for hydroxylation is 4. The van der Waals surface area contributed by atoms with Gasteiger partial charge in [0.15, 0.2) is 0 Å². The second kappa shape index (κ2) is 12.1. The standard InChI is InChI=1S/C35H35F4N5O3/c1-18-7-20(3)30(21(4)8-18)24-12-27(32(46-6)40-13-24)28-14-41-33(43-15-26(36)16-43)42-29(28)17-44-22(5)31(47-34(44)45)23-9-19(2)10-25(11-23)35(37,38)39/h7-14,22,26,31H,15-17H2,1-6H3/t22-,31-/m0/s1. The van der Waals surface area contributed by atoms with E-state index in [1.165, 1.54) is 12.0 Å². The maximum absolute atomic E-state index is 13.8. The predicted octanol–water partition coefficient (Wildman–Crippen LogP) is 7.71. The van der Waals surface area contributed by atoms with Crippen LogP contribution in [0.15, 0.2) is 48.8 Å². The first-order valence-corrected chi connectivity index (χ1v) is 15.3. The number of carbonyl (C=O) groups excluding carboxylic acids is 1. The van der Waals surface area contributed by atoms with Crippen molar-refractivity contribution < 1.29 is 31.8 Å². The van der Waals surface area contributed by atoms with Crippen molar-refractivity contribution in [2.24, 2.45) is 0 Å². The number of pyridine rings is 1. The number of hydrogen-bond acceptors (Lipinski definition) is 7. The topological polar surface area (TPSA) is 80.7 Å². The second-order valence-corrected chi connectivity index (χ2v) is 12.4. The van der Waals surface area contributed by atoms with Gasteiger partial charge in [-0.2, -0.15) is 13.2 Å². The molecule has 2 aliphatic rings. The van der Waals surface area contributed by atoms with Gasteiger partial charge in [0.25, 0.3) is 0 Å². The van der Waals surface area contributed by atoms with Crippen LogP contribution in [0.4, 0.5) is 28.3 Å². The molecule has 6 rings (SSSR count). The predicted molar refractivity (Wildman–Crippen MR) is 169 cm³/mol. The van der Waals surface area contributed by atoms with E-state index in [1.54, 1.807) is 37.2 Å². The molecule has 4 heterocycles. The lowest BCUT2D eigenvalue weighted by atomic mass is 9.93. The SMILES string of the molecule is COc1ncc(-c2c(C)cc(C)cc2C)cc1-c1cnc(N2CC(F)C2)nc1CN1C(=O)O[C@H](c2cc(C)cc(C(F)(F)F)c2)[C@@H]1C. The Hall–Kier alpha value is -4.74. The van der Waals surface area contributed by atoms with Crippen LogP contribution in [0.1, 0.15) is 52.1 Å². The highest BCUT2D eigenvalue weighted by Crippen LogP contribution is 2.40. The van der Waals surface area contributed by atoms with Gasteiger partial charge >= 0.3 is 12.3 Å². The maximum atomic E-state index is 13.8. The normalized spacial score (nSPS) is 18.4. The molecule has 2 saturated heterocycles. The Kier molecular flexibility index (Phi) is 8.31. The summed E-state index contributed by atoms with van der Waals surface area (Å²) in [4.78, 5) is 30.4. The van der Waals surface area contributed by atoms with Crippen LogP contribution >= 0.6 is 0 Å². The van der Waals surface area contributed by atoms with E-state index in [0.717, 1.165) is 39.9 Å². The van der Waals surface area contributed by atoms with Crippen LogP contribution in [0.3, 0.4) is 0 Å². The number of anilines is 1. The summed E-state index contributed by atoms with van der Waals surface area (Å²) >= 11 is 0. The summed E-state index contributed by atoms with van der Waals surface area (Å²) in [6.45, 7) is 9.64. The molecule has 1 amide bonds. The third-order valence-electron chi connectivity index (χ3n) is 8.74. The molecule has 0 N–H and O–H groups in total. The first-order chi connectivity index (χ1) is 22.2. The number of nitrogens with zero attached hydrogens (tertiary/aromatic N) is 5. The molecule has 0 bridgehead atoms. The van der Waals surface area contributed by atoms with E-state index < -0.39 is 36.2 Å². The molecule has 2 fully saturated rings. The number of alkyl halides is 4. The fourth-order valence-corrected chi connectivity index (χ4v) is 6.53. The summed E-state index contributed by atoms with van der Waals surface area (Å²) < 4.78 is 66.0. The van der Waals surface area contributed by atoms with Crippen LogP contribution in [-0.2, 0) is 17.5 Å². The molecule has 246 valence electrons. The van der Waals surface area contributed by atoms with Crippen LogP contribution < -0.4 is 9.64 Å². The zero-order valence-corrected chi connectivity index (χ0v) is 26.9. The van der Waals surface area contributed by atoms with Crippen molar-refractivity contribution in [3.63, 3.8) is 0 Å². The van der Waals surface area contributed by atoms with Gasteiger partial charge in [0.1, 0.15) is 12.3 Å². The van der Waals surface area contributed by atoms with Gasteiger partial charge < -0.3 is 14.4 Å². The largest absolute Gasteiger partial charge is 0.481 e. The lowest BCUT2D eigenvalue weighted by molar-refractivity contribution is -0.137. The summed E-state index contributed by atoms with van der Waals surface area (Å²) in [5, 5.41) is 0. The van der Waals surface area contributed by atoms with Crippen molar-refractivity contribution in [2.45, 2.75) is 65.7 Å². The minimum Gasteiger partial charge on any atom is -0.481 e. The first kappa shape index (κ1) is 32.2. The minimum absolute atomic E-state index is 0.0534. The number of carbonyl (C=O) groups is 1. The monoisotopic (exact) mass is 649 g/mol. The number of halogens is 4. The van der Waals surface area contributed by atoms with E-state index in [4.69, 9.17) is 14.5 Å². The van der Waals surface area contributed by atoms with Gasteiger partial charge in [-0.15, -0.1) is 0 Å². The number of ether oxygens (including phenoxy) is 2. The highest BCUT2D eigenvalue weighted by atomic mass is 19.4. The molecule has 4 aromatic rings. The van der Waals surface area contributed by atoms with E-state index in [-0.39, 0.29) is 25.2 Å². The lowest BCUT2D eigenvalue weighted by Gasteiger charge is -2.34. The Morgan fingerprint density at radius 1 is 0.936 bits per heavy atom. The molecule has 0 unspecified atom stereocenters. The molecule has 2 aromatic heterocycles. The lowest BCUT2D eigenvalue weighted by Crippen LogP contribution is -2.49. The average molecular weight is 650 g/mol. The van der Waals surface area contributed by atoms with Gasteiger partial charge in [-0.25, -0.2) is 24.1 Å². The average Bonchev–Trinajstić information content (AvgIpc) is 3.26. The van der Waals surface area contributed by atoms with Crippen LogP contribution in [0.2, 0.25) is 0 Å². The van der Waals surface area contributed by atoms with Crippen molar-refractivity contribution >= 4 is 12.0 Å². The van der Waals surface area contributed by atoms with E-state index in [9.17, 15) is 22.4 Å². The molecule has 2 aromatic carbocycles. The van der Waals surface area contributed by atoms with Gasteiger partial charge in [-0.1, -0.05) is 29.3 Å². The molecule has 0 radical (unpaired) electrons. The van der Waals surface area contributed by atoms with Crippen LogP contribution in [0.5, 0.6) is 5.88 Å². The van der Waals surface area contributed by atoms with Crippen LogP contribution in [0.25, 0.3) is 22.3 Å². The third kappa shape index (κ3) is 6.20. The van der Waals surface area contributed by atoms with E-state index >= 15 is 0 Å². The van der Waals surface area contributed by atoms with Gasteiger partial charge in [0.05, 0.1) is 44.0 Å². The Labute approximate surface area is 270 Å². The fraction of sp³-hybridized carbons (Fsp3) is 0.371. The molecule has 2 atom stereocenters. The summed E-state index contributed by atoms with van der Waals surface area (Å²) in [6, 6.07) is 9.18. The summed E-state index contributed by atoms with van der Waals surface area (Å²) in [5.41, 5.74) is 6.57. The molecule has 0 aliphatic carbocycles. The number of amides is 1. The van der Waals surface area contributed by atoms with Crippen molar-refractivity contribution in [3.05, 3.63) is 87.9 Å². The Morgan fingerprint density at radius 3 is 2.26 bits per heavy atom. The molecule has 0 saturated carbocycles. The molecule has 47 heavy (non-hydrogen) atoms. The van der Waals surface area contributed by atoms with Gasteiger partial charge in [0.2, 0.25) is 11.8 Å². The quantitative estimate of drug-likeness (QED) is 0.190. The number of benzene rings is 2. The van der Waals surface area contributed by atoms with Gasteiger partial charge in [0, 0.05) is 29.1 Å². The van der Waals surface area contributed by atoms with E-state index in [0.29, 0.717) is 34.2 Å². The molecule has 2 aliphatic heterocycles. The number of cyclic esters (lactones) is 1. The summed E-state index contributed by atoms with van der Waals surface area (Å²) in [5.74, 6) is 0.618. The van der Waals surface area contributed by atoms with Crippen molar-refractivity contribution in [3.8, 4) is 28.1 Å². The number of aromatic nitrogens is 3. The molecule has 12 heteroatoms. The van der Waals surface area contributed by atoms with Crippen LogP contribution in [-0.4, -0.2) is 58.4 Å². The van der Waals surface area contributed by atoms with Gasteiger partial charge in [-0.3, -0.25) is 4.90 Å². The number of methoxy groups -OCH3 is 1. The zero-order chi connectivity index (χ0) is 33.8. The molecular formula is C35H35F4N5O3. The van der Waals surface area contributed by atoms with Crippen molar-refractivity contribution in [2.75, 3.05) is 25.1 Å². The van der Waals surface area contributed by atoms with E-state index in [1.807, 2.05) is 26.8 Å². The molecular weight excluding hydrogens is 614 g/mol. The molecule has 0 spiro atoms.